The lowest BCUT2D eigenvalue weighted by molar-refractivity contribution is 0.956. The third-order valence-electron chi connectivity index (χ3n) is 3.39. The van der Waals surface area contributed by atoms with Crippen LogP contribution >= 0.6 is 22.9 Å². The Morgan fingerprint density at radius 1 is 1.29 bits per heavy atom. The molecule has 3 aromatic rings. The van der Waals surface area contributed by atoms with E-state index in [0.717, 1.165) is 21.0 Å². The number of anilines is 1. The Labute approximate surface area is 130 Å². The van der Waals surface area contributed by atoms with Crippen LogP contribution in [0.5, 0.6) is 0 Å². The minimum atomic E-state index is -0.0743. The van der Waals surface area contributed by atoms with Crippen LogP contribution in [0.1, 0.15) is 16.3 Å². The predicted octanol–water partition coefficient (Wildman–Crippen LogP) is 3.87. The number of rotatable bonds is 3. The molecule has 2 N–H and O–H groups in total. The van der Waals surface area contributed by atoms with Crippen LogP contribution in [-0.4, -0.2) is 9.97 Å². The van der Waals surface area contributed by atoms with Crippen molar-refractivity contribution in [1.29, 1.82) is 0 Å². The highest BCUT2D eigenvalue weighted by atomic mass is 35.5. The standard InChI is InChI=1S/C15H14ClN3OS/c1-8-9(2)21-15-13(8)14(20)18-12(19-15)7-17-11-5-3-10(16)4-6-11/h3-6,17H,7H2,1-2H3,(H,18,19,20). The summed E-state index contributed by atoms with van der Waals surface area (Å²) in [6.45, 7) is 4.42. The quantitative estimate of drug-likeness (QED) is 0.770. The number of fused-ring (bicyclic) bond motifs is 1. The first-order chi connectivity index (χ1) is 10.0. The molecule has 4 nitrogen and oxygen atoms in total. The fourth-order valence-electron chi connectivity index (χ4n) is 2.14. The highest BCUT2D eigenvalue weighted by Gasteiger charge is 2.11. The molecule has 2 heterocycles. The van der Waals surface area contributed by atoms with E-state index in [0.29, 0.717) is 22.8 Å². The fraction of sp³-hybridized carbons (Fsp3) is 0.200. The number of nitrogens with one attached hydrogen (secondary N) is 2. The molecule has 0 unspecified atom stereocenters. The predicted molar refractivity (Wildman–Crippen MR) is 88.5 cm³/mol. The Balaban J connectivity index is 1.88. The van der Waals surface area contributed by atoms with Crippen molar-refractivity contribution < 1.29 is 0 Å². The summed E-state index contributed by atoms with van der Waals surface area (Å²) < 4.78 is 0. The Bertz CT molecular complexity index is 852. The SMILES string of the molecule is Cc1sc2nc(CNc3ccc(Cl)cc3)[nH]c(=O)c2c1C. The van der Waals surface area contributed by atoms with Crippen LogP contribution in [0.2, 0.25) is 5.02 Å². The zero-order chi connectivity index (χ0) is 15.0. The molecule has 0 saturated carbocycles. The van der Waals surface area contributed by atoms with E-state index in [1.165, 1.54) is 0 Å². The third kappa shape index (κ3) is 2.80. The molecule has 0 aliphatic heterocycles. The third-order valence-corrected chi connectivity index (χ3v) is 4.75. The summed E-state index contributed by atoms with van der Waals surface area (Å²) in [6.07, 6.45) is 0. The second-order valence-corrected chi connectivity index (χ2v) is 6.48. The number of aromatic nitrogens is 2. The van der Waals surface area contributed by atoms with Crippen LogP contribution in [0, 0.1) is 13.8 Å². The van der Waals surface area contributed by atoms with E-state index in [2.05, 4.69) is 15.3 Å². The highest BCUT2D eigenvalue weighted by Crippen LogP contribution is 2.25. The maximum absolute atomic E-state index is 12.2. The van der Waals surface area contributed by atoms with Crippen LogP contribution < -0.4 is 10.9 Å². The van der Waals surface area contributed by atoms with Gasteiger partial charge in [-0.3, -0.25) is 4.79 Å². The Kier molecular flexibility index (Phi) is 3.69. The van der Waals surface area contributed by atoms with Crippen LogP contribution in [0.3, 0.4) is 0 Å². The number of hydrogen-bond acceptors (Lipinski definition) is 4. The number of aryl methyl sites for hydroxylation is 2. The molecule has 0 aliphatic rings. The van der Waals surface area contributed by atoms with E-state index in [1.807, 2.05) is 38.1 Å². The molecule has 6 heteroatoms. The van der Waals surface area contributed by atoms with Gasteiger partial charge in [-0.15, -0.1) is 11.3 Å². The molecule has 21 heavy (non-hydrogen) atoms. The molecule has 0 fully saturated rings. The minimum Gasteiger partial charge on any atom is -0.378 e. The maximum Gasteiger partial charge on any atom is 0.259 e. The van der Waals surface area contributed by atoms with Gasteiger partial charge in [-0.05, 0) is 43.7 Å². The number of aromatic amines is 1. The van der Waals surface area contributed by atoms with Crippen molar-refractivity contribution in [3.05, 3.63) is 55.9 Å². The Morgan fingerprint density at radius 2 is 2.00 bits per heavy atom. The summed E-state index contributed by atoms with van der Waals surface area (Å²) in [6, 6.07) is 7.40. The molecule has 0 saturated heterocycles. The normalized spacial score (nSPS) is 11.0. The summed E-state index contributed by atoms with van der Waals surface area (Å²) in [5, 5.41) is 4.61. The molecule has 0 atom stereocenters. The molecule has 3 rings (SSSR count). The molecule has 2 aromatic heterocycles. The summed E-state index contributed by atoms with van der Waals surface area (Å²) >= 11 is 7.40. The maximum atomic E-state index is 12.2. The number of nitrogens with zero attached hydrogens (tertiary/aromatic N) is 1. The van der Waals surface area contributed by atoms with Crippen molar-refractivity contribution in [2.75, 3.05) is 5.32 Å². The van der Waals surface area contributed by atoms with Crippen LogP contribution in [0.25, 0.3) is 10.2 Å². The van der Waals surface area contributed by atoms with Gasteiger partial charge in [0.05, 0.1) is 11.9 Å². The molecule has 0 spiro atoms. The van der Waals surface area contributed by atoms with Crippen LogP contribution in [0.15, 0.2) is 29.1 Å². The molecule has 1 aromatic carbocycles. The topological polar surface area (TPSA) is 57.8 Å². The molecule has 0 aliphatic carbocycles. The van der Waals surface area contributed by atoms with Crippen molar-refractivity contribution in [1.82, 2.24) is 9.97 Å². The molecule has 0 amide bonds. The summed E-state index contributed by atoms with van der Waals surface area (Å²) in [4.78, 5) is 21.4. The second-order valence-electron chi connectivity index (χ2n) is 4.84. The van der Waals surface area contributed by atoms with Gasteiger partial charge in [0, 0.05) is 15.6 Å². The summed E-state index contributed by atoms with van der Waals surface area (Å²) in [5.41, 5.74) is 1.87. The number of benzene rings is 1. The largest absolute Gasteiger partial charge is 0.378 e. The van der Waals surface area contributed by atoms with Gasteiger partial charge in [0.15, 0.2) is 0 Å². The van der Waals surface area contributed by atoms with Gasteiger partial charge in [0.2, 0.25) is 0 Å². The molecule has 0 radical (unpaired) electrons. The van der Waals surface area contributed by atoms with Gasteiger partial charge >= 0.3 is 0 Å². The van der Waals surface area contributed by atoms with Gasteiger partial charge in [0.1, 0.15) is 10.7 Å². The smallest absolute Gasteiger partial charge is 0.259 e. The molecular weight excluding hydrogens is 306 g/mol. The first-order valence-electron chi connectivity index (χ1n) is 6.53. The van der Waals surface area contributed by atoms with E-state index in [-0.39, 0.29) is 5.56 Å². The monoisotopic (exact) mass is 319 g/mol. The lowest BCUT2D eigenvalue weighted by Gasteiger charge is -2.06. The van der Waals surface area contributed by atoms with Gasteiger partial charge in [0.25, 0.3) is 5.56 Å². The van der Waals surface area contributed by atoms with E-state index >= 15 is 0 Å². The number of H-pyrrole nitrogens is 1. The molecule has 0 bridgehead atoms. The Hall–Kier alpha value is -1.85. The number of hydrogen-bond donors (Lipinski definition) is 2. The average molecular weight is 320 g/mol. The number of thiophene rings is 1. The van der Waals surface area contributed by atoms with E-state index in [1.54, 1.807) is 11.3 Å². The highest BCUT2D eigenvalue weighted by molar-refractivity contribution is 7.18. The fourth-order valence-corrected chi connectivity index (χ4v) is 3.31. The van der Waals surface area contributed by atoms with E-state index in [9.17, 15) is 4.79 Å². The van der Waals surface area contributed by atoms with Crippen LogP contribution in [0.4, 0.5) is 5.69 Å². The van der Waals surface area contributed by atoms with Crippen molar-refractivity contribution in [2.45, 2.75) is 20.4 Å². The van der Waals surface area contributed by atoms with E-state index in [4.69, 9.17) is 11.6 Å². The first kappa shape index (κ1) is 14.1. The van der Waals surface area contributed by atoms with Crippen LogP contribution in [-0.2, 0) is 6.54 Å². The lowest BCUT2D eigenvalue weighted by Crippen LogP contribution is -2.14. The minimum absolute atomic E-state index is 0.0743. The average Bonchev–Trinajstić information content (AvgIpc) is 2.74. The van der Waals surface area contributed by atoms with Crippen molar-refractivity contribution >= 4 is 38.8 Å². The zero-order valence-electron chi connectivity index (χ0n) is 11.7. The second kappa shape index (κ2) is 5.50. The van der Waals surface area contributed by atoms with Gasteiger partial charge in [-0.2, -0.15) is 0 Å². The molecular formula is C15H14ClN3OS. The Morgan fingerprint density at radius 3 is 2.71 bits per heavy atom. The van der Waals surface area contributed by atoms with E-state index < -0.39 is 0 Å². The molecule has 108 valence electrons. The number of halogens is 1. The van der Waals surface area contributed by atoms with Gasteiger partial charge in [-0.1, -0.05) is 11.6 Å². The van der Waals surface area contributed by atoms with Gasteiger partial charge in [-0.25, -0.2) is 4.98 Å². The lowest BCUT2D eigenvalue weighted by atomic mass is 10.2. The van der Waals surface area contributed by atoms with Crippen molar-refractivity contribution in [2.24, 2.45) is 0 Å². The van der Waals surface area contributed by atoms with Gasteiger partial charge < -0.3 is 10.3 Å². The summed E-state index contributed by atoms with van der Waals surface area (Å²) in [5.74, 6) is 0.628. The first-order valence-corrected chi connectivity index (χ1v) is 7.72. The zero-order valence-corrected chi connectivity index (χ0v) is 13.2. The van der Waals surface area contributed by atoms with Crippen molar-refractivity contribution in [3.63, 3.8) is 0 Å². The summed E-state index contributed by atoms with van der Waals surface area (Å²) in [7, 11) is 0. The van der Waals surface area contributed by atoms with Crippen molar-refractivity contribution in [3.8, 4) is 0 Å².